The number of hydrogen-bond acceptors (Lipinski definition) is 5. The van der Waals surface area contributed by atoms with E-state index in [2.05, 4.69) is 64.2 Å². The second kappa shape index (κ2) is 10.0. The van der Waals surface area contributed by atoms with Crippen molar-refractivity contribution < 1.29 is 18.9 Å². The molecule has 1 atom stereocenters. The lowest BCUT2D eigenvalue weighted by Crippen LogP contribution is -2.38. The predicted octanol–water partition coefficient (Wildman–Crippen LogP) is 4.95. The molecule has 34 heavy (non-hydrogen) atoms. The molecule has 0 saturated carbocycles. The molecule has 180 valence electrons. The number of aromatic nitrogens is 1. The lowest BCUT2D eigenvalue weighted by Gasteiger charge is -2.36. The van der Waals surface area contributed by atoms with Crippen molar-refractivity contribution in [3.8, 4) is 23.0 Å². The smallest absolute Gasteiger partial charge is 0.203 e. The zero-order chi connectivity index (χ0) is 23.5. The molecule has 0 radical (unpaired) electrons. The lowest BCUT2D eigenvalue weighted by molar-refractivity contribution is 0.0745. The van der Waals surface area contributed by atoms with Crippen molar-refractivity contribution in [2.24, 2.45) is 5.92 Å². The minimum atomic E-state index is 0.107. The Balaban J connectivity index is 1.23. The summed E-state index contributed by atoms with van der Waals surface area (Å²) in [6.07, 6.45) is 5.49. The molecule has 0 spiro atoms. The molecular formula is C28H34N2O4. The highest BCUT2D eigenvalue weighted by Gasteiger charge is 2.33. The van der Waals surface area contributed by atoms with Crippen molar-refractivity contribution in [1.82, 2.24) is 9.47 Å². The van der Waals surface area contributed by atoms with Gasteiger partial charge in [0.2, 0.25) is 5.75 Å². The number of piperidine rings is 1. The summed E-state index contributed by atoms with van der Waals surface area (Å²) in [5.74, 6) is 3.61. The fourth-order valence-electron chi connectivity index (χ4n) is 5.34. The van der Waals surface area contributed by atoms with Gasteiger partial charge in [-0.2, -0.15) is 0 Å². The monoisotopic (exact) mass is 462 g/mol. The van der Waals surface area contributed by atoms with E-state index >= 15 is 0 Å². The third-order valence-electron chi connectivity index (χ3n) is 7.22. The van der Waals surface area contributed by atoms with Crippen molar-refractivity contribution >= 4 is 0 Å². The molecule has 2 aliphatic rings. The summed E-state index contributed by atoms with van der Waals surface area (Å²) in [5.41, 5.74) is 3.75. The van der Waals surface area contributed by atoms with Gasteiger partial charge in [-0.05, 0) is 68.2 Å². The largest absolute Gasteiger partial charge is 0.493 e. The molecule has 1 unspecified atom stereocenters. The van der Waals surface area contributed by atoms with Crippen LogP contribution < -0.4 is 18.9 Å². The molecule has 5 rings (SSSR count). The highest BCUT2D eigenvalue weighted by Crippen LogP contribution is 2.40. The standard InChI is InChI=1S/C28H34N2O4/c1-31-25-17-20(18-26(32-2)28(25)33-3)10-14-29-15-11-21(12-16-29)27-23-8-6-13-30(23)19-22-7-4-5-9-24(22)34-27/h4-9,13,17-18,21,27H,10-12,14-16,19H2,1-3H3. The minimum absolute atomic E-state index is 0.107. The maximum absolute atomic E-state index is 6.64. The number of nitrogens with zero attached hydrogens (tertiary/aromatic N) is 2. The maximum atomic E-state index is 6.64. The number of ether oxygens (including phenoxy) is 4. The fraction of sp³-hybridized carbons (Fsp3) is 0.429. The number of hydrogen-bond donors (Lipinski definition) is 0. The Labute approximate surface area is 202 Å². The summed E-state index contributed by atoms with van der Waals surface area (Å²) < 4.78 is 25.5. The van der Waals surface area contributed by atoms with Gasteiger partial charge >= 0.3 is 0 Å². The zero-order valence-corrected chi connectivity index (χ0v) is 20.3. The van der Waals surface area contributed by atoms with Crippen LogP contribution in [-0.2, 0) is 13.0 Å². The van der Waals surface area contributed by atoms with E-state index in [0.29, 0.717) is 23.2 Å². The van der Waals surface area contributed by atoms with Crippen LogP contribution in [0.3, 0.4) is 0 Å². The molecule has 2 aromatic carbocycles. The summed E-state index contributed by atoms with van der Waals surface area (Å²) in [4.78, 5) is 2.56. The topological polar surface area (TPSA) is 45.1 Å². The van der Waals surface area contributed by atoms with Crippen LogP contribution in [-0.4, -0.2) is 50.4 Å². The van der Waals surface area contributed by atoms with Crippen LogP contribution in [0, 0.1) is 5.92 Å². The van der Waals surface area contributed by atoms with Crippen molar-refractivity contribution in [2.75, 3.05) is 41.0 Å². The van der Waals surface area contributed by atoms with E-state index < -0.39 is 0 Å². The molecule has 0 amide bonds. The number of likely N-dealkylation sites (tertiary alicyclic amines) is 1. The Morgan fingerprint density at radius 3 is 2.35 bits per heavy atom. The predicted molar refractivity (Wildman–Crippen MR) is 132 cm³/mol. The van der Waals surface area contributed by atoms with Gasteiger partial charge in [0.15, 0.2) is 11.5 Å². The molecular weight excluding hydrogens is 428 g/mol. The van der Waals surface area contributed by atoms with E-state index in [1.54, 1.807) is 21.3 Å². The van der Waals surface area contributed by atoms with Crippen LogP contribution in [0.15, 0.2) is 54.7 Å². The average Bonchev–Trinajstić information content (AvgIpc) is 3.28. The van der Waals surface area contributed by atoms with Gasteiger partial charge in [-0.3, -0.25) is 0 Å². The molecule has 1 aromatic heterocycles. The van der Waals surface area contributed by atoms with Crippen molar-refractivity contribution in [1.29, 1.82) is 0 Å². The van der Waals surface area contributed by atoms with Gasteiger partial charge in [-0.25, -0.2) is 0 Å². The highest BCUT2D eigenvalue weighted by molar-refractivity contribution is 5.53. The van der Waals surface area contributed by atoms with E-state index in [-0.39, 0.29) is 6.10 Å². The highest BCUT2D eigenvalue weighted by atomic mass is 16.5. The van der Waals surface area contributed by atoms with Gasteiger partial charge < -0.3 is 28.4 Å². The van der Waals surface area contributed by atoms with Crippen LogP contribution in [0.2, 0.25) is 0 Å². The van der Waals surface area contributed by atoms with Gasteiger partial charge in [0.25, 0.3) is 0 Å². The quantitative estimate of drug-likeness (QED) is 0.497. The molecule has 3 aromatic rings. The minimum Gasteiger partial charge on any atom is -0.493 e. The van der Waals surface area contributed by atoms with E-state index in [9.17, 15) is 0 Å². The number of rotatable bonds is 7. The first-order chi connectivity index (χ1) is 16.7. The first-order valence-corrected chi connectivity index (χ1v) is 12.1. The SMILES string of the molecule is COc1cc(CCN2CCC(C3Oc4ccccc4Cn4cccc43)CC2)cc(OC)c1OC. The van der Waals surface area contributed by atoms with Crippen molar-refractivity contribution in [2.45, 2.75) is 31.9 Å². The molecule has 0 aliphatic carbocycles. The first kappa shape index (κ1) is 22.7. The van der Waals surface area contributed by atoms with E-state index in [1.807, 2.05) is 0 Å². The Morgan fingerprint density at radius 2 is 1.65 bits per heavy atom. The molecule has 2 aliphatic heterocycles. The average molecular weight is 463 g/mol. The summed E-state index contributed by atoms with van der Waals surface area (Å²) in [6.45, 7) is 4.05. The third-order valence-corrected chi connectivity index (χ3v) is 7.22. The summed E-state index contributed by atoms with van der Waals surface area (Å²) in [7, 11) is 4.96. The molecule has 1 saturated heterocycles. The van der Waals surface area contributed by atoms with Gasteiger partial charge in [0, 0.05) is 24.2 Å². The normalized spacial score (nSPS) is 18.4. The van der Waals surface area contributed by atoms with E-state index in [4.69, 9.17) is 18.9 Å². The van der Waals surface area contributed by atoms with E-state index in [1.165, 1.54) is 16.8 Å². The van der Waals surface area contributed by atoms with Crippen LogP contribution in [0.4, 0.5) is 0 Å². The Kier molecular flexibility index (Phi) is 6.68. The molecule has 6 nitrogen and oxygen atoms in total. The van der Waals surface area contributed by atoms with Crippen molar-refractivity contribution in [3.05, 3.63) is 71.5 Å². The number of fused-ring (bicyclic) bond motifs is 2. The number of benzene rings is 2. The maximum Gasteiger partial charge on any atom is 0.203 e. The zero-order valence-electron chi connectivity index (χ0n) is 20.3. The Morgan fingerprint density at radius 1 is 0.912 bits per heavy atom. The van der Waals surface area contributed by atoms with Crippen LogP contribution in [0.25, 0.3) is 0 Å². The van der Waals surface area contributed by atoms with Crippen LogP contribution in [0.5, 0.6) is 23.0 Å². The van der Waals surface area contributed by atoms with E-state index in [0.717, 1.165) is 51.2 Å². The molecule has 6 heteroatoms. The molecule has 0 bridgehead atoms. The van der Waals surface area contributed by atoms with Crippen LogP contribution >= 0.6 is 0 Å². The second-order valence-corrected chi connectivity index (χ2v) is 9.17. The fourth-order valence-corrected chi connectivity index (χ4v) is 5.34. The van der Waals surface area contributed by atoms with Crippen LogP contribution in [0.1, 0.15) is 35.8 Å². The summed E-state index contributed by atoms with van der Waals surface area (Å²) >= 11 is 0. The second-order valence-electron chi connectivity index (χ2n) is 9.17. The molecule has 1 fully saturated rings. The number of methoxy groups -OCH3 is 3. The van der Waals surface area contributed by atoms with Gasteiger partial charge in [-0.1, -0.05) is 18.2 Å². The van der Waals surface area contributed by atoms with Gasteiger partial charge in [0.05, 0.1) is 33.6 Å². The first-order valence-electron chi connectivity index (χ1n) is 12.1. The lowest BCUT2D eigenvalue weighted by atomic mass is 9.89. The van der Waals surface area contributed by atoms with Gasteiger partial charge in [-0.15, -0.1) is 0 Å². The summed E-state index contributed by atoms with van der Waals surface area (Å²) in [5, 5.41) is 0. The van der Waals surface area contributed by atoms with Crippen molar-refractivity contribution in [3.63, 3.8) is 0 Å². The third kappa shape index (κ3) is 4.47. The molecule has 3 heterocycles. The number of para-hydroxylation sites is 1. The van der Waals surface area contributed by atoms with Gasteiger partial charge in [0.1, 0.15) is 11.9 Å². The Bertz CT molecular complexity index is 1090. The Hall–Kier alpha value is -3.12. The molecule has 0 N–H and O–H groups in total. The summed E-state index contributed by atoms with van der Waals surface area (Å²) in [6, 6.07) is 16.9.